The Morgan fingerprint density at radius 3 is 2.60 bits per heavy atom. The lowest BCUT2D eigenvalue weighted by molar-refractivity contribution is -0.0224. The molecule has 1 aliphatic heterocycles. The number of carbonyl (C=O) groups excluding carboxylic acids is 2. The molecule has 3 aliphatic rings. The maximum Gasteiger partial charge on any atom is 0.256 e. The van der Waals surface area contributed by atoms with E-state index in [0.29, 0.717) is 29.3 Å². The van der Waals surface area contributed by atoms with Gasteiger partial charge < -0.3 is 15.3 Å². The van der Waals surface area contributed by atoms with Gasteiger partial charge >= 0.3 is 0 Å². The third kappa shape index (κ3) is 3.21. The average molecular weight is 405 g/mol. The zero-order chi connectivity index (χ0) is 21.0. The van der Waals surface area contributed by atoms with E-state index in [1.54, 1.807) is 24.8 Å². The zero-order valence-electron chi connectivity index (χ0n) is 17.6. The Morgan fingerprint density at radius 2 is 1.87 bits per heavy atom. The van der Waals surface area contributed by atoms with Gasteiger partial charge in [0.2, 0.25) is 0 Å². The number of amides is 2. The standard InChI is InChI=1S/C25H28N2O3/c1-25(2,30)22(16-12-13-16)27-14-17-8-5-11-20(21(17)24(27)29)26-23(28)19-10-4-7-15-6-3-9-18(15)19/h4-5,7-8,10-11,16,22,30H,3,6,9,12-14H2,1-2H3,(H,26,28). The van der Waals surface area contributed by atoms with Crippen molar-refractivity contribution in [3.8, 4) is 0 Å². The summed E-state index contributed by atoms with van der Waals surface area (Å²) in [6.07, 6.45) is 5.10. The van der Waals surface area contributed by atoms with Gasteiger partial charge in [0.1, 0.15) is 0 Å². The molecule has 2 N–H and O–H groups in total. The number of aliphatic hydroxyl groups is 1. The molecule has 0 spiro atoms. The molecule has 2 aromatic carbocycles. The summed E-state index contributed by atoms with van der Waals surface area (Å²) in [5.74, 6) is 0.0843. The quantitative estimate of drug-likeness (QED) is 0.793. The second kappa shape index (κ2) is 6.95. The van der Waals surface area contributed by atoms with Crippen molar-refractivity contribution in [2.45, 2.75) is 64.1 Å². The van der Waals surface area contributed by atoms with E-state index < -0.39 is 5.60 Å². The van der Waals surface area contributed by atoms with Gasteiger partial charge in [-0.05, 0) is 80.7 Å². The number of carbonyl (C=O) groups is 2. The molecule has 1 atom stereocenters. The second-order valence-corrected chi connectivity index (χ2v) is 9.46. The number of fused-ring (bicyclic) bond motifs is 2. The molecular formula is C25H28N2O3. The normalized spacial score (nSPS) is 18.9. The molecule has 2 amide bonds. The number of nitrogens with one attached hydrogen (secondary N) is 1. The van der Waals surface area contributed by atoms with Gasteiger partial charge in [-0.1, -0.05) is 24.3 Å². The summed E-state index contributed by atoms with van der Waals surface area (Å²) in [6.45, 7) is 4.04. The van der Waals surface area contributed by atoms with Crippen LogP contribution in [0.15, 0.2) is 36.4 Å². The molecule has 5 nitrogen and oxygen atoms in total. The van der Waals surface area contributed by atoms with Crippen molar-refractivity contribution in [3.05, 3.63) is 64.2 Å². The molecule has 30 heavy (non-hydrogen) atoms. The summed E-state index contributed by atoms with van der Waals surface area (Å²) < 4.78 is 0. The first-order chi connectivity index (χ1) is 14.3. The van der Waals surface area contributed by atoms with E-state index in [2.05, 4.69) is 11.4 Å². The average Bonchev–Trinajstić information content (AvgIpc) is 3.29. The first kappa shape index (κ1) is 19.3. The van der Waals surface area contributed by atoms with Crippen molar-refractivity contribution < 1.29 is 14.7 Å². The zero-order valence-corrected chi connectivity index (χ0v) is 17.6. The van der Waals surface area contributed by atoms with Crippen LogP contribution in [0.2, 0.25) is 0 Å². The maximum atomic E-state index is 13.4. The van der Waals surface area contributed by atoms with Gasteiger partial charge in [-0.3, -0.25) is 9.59 Å². The van der Waals surface area contributed by atoms with Crippen molar-refractivity contribution in [2.75, 3.05) is 5.32 Å². The van der Waals surface area contributed by atoms with Crippen molar-refractivity contribution in [2.24, 2.45) is 5.92 Å². The highest BCUT2D eigenvalue weighted by atomic mass is 16.3. The highest BCUT2D eigenvalue weighted by Crippen LogP contribution is 2.43. The van der Waals surface area contributed by atoms with E-state index in [1.807, 2.05) is 24.3 Å². The highest BCUT2D eigenvalue weighted by Gasteiger charge is 2.48. The predicted molar refractivity (Wildman–Crippen MR) is 116 cm³/mol. The fourth-order valence-corrected chi connectivity index (χ4v) is 5.36. The van der Waals surface area contributed by atoms with Crippen LogP contribution in [0.3, 0.4) is 0 Å². The van der Waals surface area contributed by atoms with E-state index in [1.165, 1.54) is 5.56 Å². The summed E-state index contributed by atoms with van der Waals surface area (Å²) in [5.41, 5.74) is 4.15. The molecule has 2 aliphatic carbocycles. The molecule has 0 radical (unpaired) electrons. The minimum absolute atomic E-state index is 0.0989. The predicted octanol–water partition coefficient (Wildman–Crippen LogP) is 3.93. The van der Waals surface area contributed by atoms with Gasteiger partial charge in [0, 0.05) is 12.1 Å². The summed E-state index contributed by atoms with van der Waals surface area (Å²) in [7, 11) is 0. The summed E-state index contributed by atoms with van der Waals surface area (Å²) >= 11 is 0. The third-order valence-electron chi connectivity index (χ3n) is 6.73. The summed E-state index contributed by atoms with van der Waals surface area (Å²) in [6, 6.07) is 11.3. The lowest BCUT2D eigenvalue weighted by atomic mass is 9.93. The fourth-order valence-electron chi connectivity index (χ4n) is 5.36. The van der Waals surface area contributed by atoms with Gasteiger partial charge in [0.05, 0.1) is 22.9 Å². The molecule has 156 valence electrons. The maximum absolute atomic E-state index is 13.4. The van der Waals surface area contributed by atoms with Crippen LogP contribution in [-0.4, -0.2) is 33.5 Å². The fraction of sp³-hybridized carbons (Fsp3) is 0.440. The summed E-state index contributed by atoms with van der Waals surface area (Å²) in [5, 5.41) is 13.7. The van der Waals surface area contributed by atoms with Crippen molar-refractivity contribution in [1.82, 2.24) is 4.90 Å². The Bertz CT molecular complexity index is 1030. The van der Waals surface area contributed by atoms with Crippen LogP contribution in [0.25, 0.3) is 0 Å². The van der Waals surface area contributed by atoms with Gasteiger partial charge in [0.15, 0.2) is 0 Å². The number of aryl methyl sites for hydroxylation is 1. The van der Waals surface area contributed by atoms with E-state index in [0.717, 1.165) is 43.2 Å². The van der Waals surface area contributed by atoms with Crippen molar-refractivity contribution >= 4 is 17.5 Å². The van der Waals surface area contributed by atoms with Crippen LogP contribution >= 0.6 is 0 Å². The topological polar surface area (TPSA) is 69.6 Å². The second-order valence-electron chi connectivity index (χ2n) is 9.46. The number of benzene rings is 2. The molecule has 1 saturated carbocycles. The minimum Gasteiger partial charge on any atom is -0.388 e. The molecule has 0 aromatic heterocycles. The molecule has 5 rings (SSSR count). The molecule has 5 heteroatoms. The Morgan fingerprint density at radius 1 is 1.13 bits per heavy atom. The number of nitrogens with zero attached hydrogens (tertiary/aromatic N) is 1. The largest absolute Gasteiger partial charge is 0.388 e. The van der Waals surface area contributed by atoms with Gasteiger partial charge in [-0.25, -0.2) is 0 Å². The lowest BCUT2D eigenvalue weighted by Crippen LogP contribution is -2.51. The lowest BCUT2D eigenvalue weighted by Gasteiger charge is -2.37. The first-order valence-corrected chi connectivity index (χ1v) is 10.9. The van der Waals surface area contributed by atoms with Crippen LogP contribution < -0.4 is 5.32 Å². The van der Waals surface area contributed by atoms with E-state index >= 15 is 0 Å². The van der Waals surface area contributed by atoms with E-state index in [-0.39, 0.29) is 17.9 Å². The van der Waals surface area contributed by atoms with Gasteiger partial charge in [0.25, 0.3) is 11.8 Å². The first-order valence-electron chi connectivity index (χ1n) is 10.9. The third-order valence-corrected chi connectivity index (χ3v) is 6.73. The SMILES string of the molecule is CC(C)(O)C(C1CC1)N1Cc2cccc(NC(=O)c3cccc4c3CCC4)c2C1=O. The Kier molecular flexibility index (Phi) is 4.47. The van der Waals surface area contributed by atoms with E-state index in [4.69, 9.17) is 0 Å². The number of hydrogen-bond acceptors (Lipinski definition) is 3. The van der Waals surface area contributed by atoms with E-state index in [9.17, 15) is 14.7 Å². The van der Waals surface area contributed by atoms with Crippen LogP contribution in [0.4, 0.5) is 5.69 Å². The smallest absolute Gasteiger partial charge is 0.256 e. The molecule has 1 heterocycles. The molecule has 1 fully saturated rings. The van der Waals surface area contributed by atoms with Crippen LogP contribution in [-0.2, 0) is 19.4 Å². The monoisotopic (exact) mass is 404 g/mol. The number of hydrogen-bond donors (Lipinski definition) is 2. The van der Waals surface area contributed by atoms with Gasteiger partial charge in [-0.15, -0.1) is 0 Å². The Balaban J connectivity index is 1.44. The molecule has 0 saturated heterocycles. The Labute approximate surface area is 177 Å². The molecule has 0 bridgehead atoms. The van der Waals surface area contributed by atoms with Crippen LogP contribution in [0, 0.1) is 5.92 Å². The van der Waals surface area contributed by atoms with Crippen LogP contribution in [0.5, 0.6) is 0 Å². The summed E-state index contributed by atoms with van der Waals surface area (Å²) in [4.78, 5) is 28.3. The van der Waals surface area contributed by atoms with Crippen molar-refractivity contribution in [1.29, 1.82) is 0 Å². The molecule has 2 aromatic rings. The van der Waals surface area contributed by atoms with Crippen LogP contribution in [0.1, 0.15) is 70.5 Å². The Hall–Kier alpha value is -2.66. The van der Waals surface area contributed by atoms with Gasteiger partial charge in [-0.2, -0.15) is 0 Å². The molecule has 1 unspecified atom stereocenters. The molecular weight excluding hydrogens is 376 g/mol. The number of anilines is 1. The highest BCUT2D eigenvalue weighted by molar-refractivity contribution is 6.11. The van der Waals surface area contributed by atoms with Crippen molar-refractivity contribution in [3.63, 3.8) is 0 Å². The number of rotatable bonds is 5. The minimum atomic E-state index is -0.965.